The second kappa shape index (κ2) is 9.05. The third-order valence-corrected chi connectivity index (χ3v) is 6.17. The van der Waals surface area contributed by atoms with Crippen LogP contribution < -0.4 is 9.47 Å². The van der Waals surface area contributed by atoms with Crippen LogP contribution in [0.5, 0.6) is 11.5 Å². The number of ether oxygens (including phenoxy) is 3. The highest BCUT2D eigenvalue weighted by Crippen LogP contribution is 2.35. The number of carbonyl (C=O) groups excluding carboxylic acids is 1. The molecule has 0 amide bonds. The van der Waals surface area contributed by atoms with Gasteiger partial charge in [-0.3, -0.25) is 0 Å². The maximum atomic E-state index is 12.2. The Morgan fingerprint density at radius 1 is 1.04 bits per heavy atom. The van der Waals surface area contributed by atoms with Crippen LogP contribution in [-0.4, -0.2) is 41.0 Å². The summed E-state index contributed by atoms with van der Waals surface area (Å²) in [5, 5.41) is 0. The van der Waals surface area contributed by atoms with E-state index in [1.54, 1.807) is 30.3 Å². The monoisotopic (exact) mass is 442 g/mol. The maximum absolute atomic E-state index is 12.2. The second-order valence-electron chi connectivity index (χ2n) is 5.32. The third kappa shape index (κ3) is 4.98. The summed E-state index contributed by atoms with van der Waals surface area (Å²) in [7, 11) is -0.437. The lowest BCUT2D eigenvalue weighted by molar-refractivity contribution is 0.0505. The molecule has 2 aromatic carbocycles. The van der Waals surface area contributed by atoms with Gasteiger partial charge < -0.3 is 14.2 Å². The van der Waals surface area contributed by atoms with Crippen LogP contribution in [0.25, 0.3) is 0 Å². The van der Waals surface area contributed by atoms with Crippen LogP contribution >= 0.6 is 15.9 Å². The van der Waals surface area contributed by atoms with Crippen molar-refractivity contribution in [1.82, 2.24) is 0 Å². The van der Waals surface area contributed by atoms with E-state index in [-0.39, 0.29) is 29.2 Å². The standard InChI is InChI=1S/C18H19BrO6S/c1-23-15-11-13(12-16(24-2)17(15)19)18(20)25-9-6-10-26(21,22)14-7-4-3-5-8-14/h3-5,7-8,11-12H,6,9-10H2,1-2H3. The number of rotatable bonds is 8. The van der Waals surface area contributed by atoms with Crippen LogP contribution in [-0.2, 0) is 14.6 Å². The van der Waals surface area contributed by atoms with E-state index in [4.69, 9.17) is 14.2 Å². The van der Waals surface area contributed by atoms with Crippen LogP contribution in [0.1, 0.15) is 16.8 Å². The number of carbonyl (C=O) groups is 1. The van der Waals surface area contributed by atoms with E-state index < -0.39 is 15.8 Å². The van der Waals surface area contributed by atoms with Gasteiger partial charge in [0.25, 0.3) is 0 Å². The summed E-state index contributed by atoms with van der Waals surface area (Å²) in [6, 6.07) is 11.2. The first-order valence-corrected chi connectivity index (χ1v) is 10.2. The van der Waals surface area contributed by atoms with Crippen LogP contribution in [0.4, 0.5) is 0 Å². The van der Waals surface area contributed by atoms with Crippen LogP contribution in [0.2, 0.25) is 0 Å². The Bertz CT molecular complexity index is 840. The van der Waals surface area contributed by atoms with Gasteiger partial charge in [0, 0.05) is 0 Å². The van der Waals surface area contributed by atoms with E-state index in [1.807, 2.05) is 0 Å². The molecule has 0 aliphatic carbocycles. The Balaban J connectivity index is 1.95. The average Bonchev–Trinajstić information content (AvgIpc) is 2.66. The fraction of sp³-hybridized carbons (Fsp3) is 0.278. The Hall–Kier alpha value is -2.06. The number of methoxy groups -OCH3 is 2. The molecule has 0 saturated carbocycles. The second-order valence-corrected chi connectivity index (χ2v) is 8.22. The first kappa shape index (κ1) is 20.3. The lowest BCUT2D eigenvalue weighted by Crippen LogP contribution is -2.12. The molecule has 0 radical (unpaired) electrons. The number of benzene rings is 2. The summed E-state index contributed by atoms with van der Waals surface area (Å²) in [6.07, 6.45) is 0.202. The van der Waals surface area contributed by atoms with Crippen molar-refractivity contribution < 1.29 is 27.4 Å². The third-order valence-electron chi connectivity index (χ3n) is 3.57. The molecule has 0 bridgehead atoms. The Kier molecular flexibility index (Phi) is 7.05. The van der Waals surface area contributed by atoms with Gasteiger partial charge in [-0.1, -0.05) is 18.2 Å². The highest BCUT2D eigenvalue weighted by Gasteiger charge is 2.17. The minimum atomic E-state index is -3.39. The Morgan fingerprint density at radius 3 is 2.15 bits per heavy atom. The molecule has 8 heteroatoms. The van der Waals surface area contributed by atoms with Crippen molar-refractivity contribution in [1.29, 1.82) is 0 Å². The molecule has 0 unspecified atom stereocenters. The van der Waals surface area contributed by atoms with Crippen LogP contribution in [0, 0.1) is 0 Å². The lowest BCUT2D eigenvalue weighted by atomic mass is 10.2. The zero-order chi connectivity index (χ0) is 19.2. The molecule has 26 heavy (non-hydrogen) atoms. The van der Waals surface area contributed by atoms with Crippen LogP contribution in [0.15, 0.2) is 51.8 Å². The number of esters is 1. The molecule has 2 aromatic rings. The van der Waals surface area contributed by atoms with Crippen molar-refractivity contribution in [3.63, 3.8) is 0 Å². The molecule has 0 spiro atoms. The van der Waals surface area contributed by atoms with Gasteiger partial charge in [0.05, 0.1) is 37.0 Å². The summed E-state index contributed by atoms with van der Waals surface area (Å²) in [5.74, 6) is 0.189. The largest absolute Gasteiger partial charge is 0.495 e. The first-order chi connectivity index (χ1) is 12.4. The van der Waals surface area contributed by atoms with Gasteiger partial charge >= 0.3 is 5.97 Å². The van der Waals surface area contributed by atoms with Gasteiger partial charge in [0.15, 0.2) is 9.84 Å². The predicted octanol–water partition coefficient (Wildman–Crippen LogP) is 3.49. The Morgan fingerprint density at radius 2 is 1.62 bits per heavy atom. The highest BCUT2D eigenvalue weighted by atomic mass is 79.9. The van der Waals surface area contributed by atoms with E-state index in [1.165, 1.54) is 26.4 Å². The molecule has 0 N–H and O–H groups in total. The minimum absolute atomic E-state index is 0.00834. The van der Waals surface area contributed by atoms with Gasteiger partial charge in [-0.05, 0) is 46.6 Å². The minimum Gasteiger partial charge on any atom is -0.495 e. The zero-order valence-corrected chi connectivity index (χ0v) is 16.8. The summed E-state index contributed by atoms with van der Waals surface area (Å²) in [6.45, 7) is -0.00834. The van der Waals surface area contributed by atoms with Crippen molar-refractivity contribution in [3.8, 4) is 11.5 Å². The first-order valence-electron chi connectivity index (χ1n) is 7.75. The van der Waals surface area contributed by atoms with E-state index in [9.17, 15) is 13.2 Å². The molecule has 140 valence electrons. The van der Waals surface area contributed by atoms with Gasteiger partial charge in [0.1, 0.15) is 16.0 Å². The molecule has 0 fully saturated rings. The molecular weight excluding hydrogens is 424 g/mol. The maximum Gasteiger partial charge on any atom is 0.338 e. The molecule has 0 atom stereocenters. The quantitative estimate of drug-likeness (QED) is 0.459. The van der Waals surface area contributed by atoms with Gasteiger partial charge in [-0.15, -0.1) is 0 Å². The van der Waals surface area contributed by atoms with Crippen molar-refractivity contribution >= 4 is 31.7 Å². The fourth-order valence-electron chi connectivity index (χ4n) is 2.23. The number of hydrogen-bond donors (Lipinski definition) is 0. The number of sulfone groups is 1. The summed E-state index contributed by atoms with van der Waals surface area (Å²) in [5.41, 5.74) is 0.257. The van der Waals surface area contributed by atoms with Crippen molar-refractivity contribution in [2.75, 3.05) is 26.6 Å². The van der Waals surface area contributed by atoms with E-state index in [0.717, 1.165) is 0 Å². The van der Waals surface area contributed by atoms with Crippen molar-refractivity contribution in [2.45, 2.75) is 11.3 Å². The van der Waals surface area contributed by atoms with E-state index >= 15 is 0 Å². The molecule has 6 nitrogen and oxygen atoms in total. The van der Waals surface area contributed by atoms with Gasteiger partial charge in [-0.2, -0.15) is 0 Å². The van der Waals surface area contributed by atoms with Crippen LogP contribution in [0.3, 0.4) is 0 Å². The molecule has 2 rings (SSSR count). The molecular formula is C18H19BrO6S. The normalized spacial score (nSPS) is 11.0. The Labute approximate surface area is 161 Å². The molecule has 0 heterocycles. The molecule has 0 aromatic heterocycles. The number of halogens is 1. The highest BCUT2D eigenvalue weighted by molar-refractivity contribution is 9.10. The van der Waals surface area contributed by atoms with E-state index in [2.05, 4.69) is 15.9 Å². The summed E-state index contributed by atoms with van der Waals surface area (Å²) >= 11 is 3.32. The zero-order valence-electron chi connectivity index (χ0n) is 14.4. The lowest BCUT2D eigenvalue weighted by Gasteiger charge is -2.11. The predicted molar refractivity (Wildman–Crippen MR) is 101 cm³/mol. The molecule has 0 aliphatic heterocycles. The average molecular weight is 443 g/mol. The van der Waals surface area contributed by atoms with Crippen molar-refractivity contribution in [3.05, 3.63) is 52.5 Å². The summed E-state index contributed by atoms with van der Waals surface area (Å²) < 4.78 is 40.5. The molecule has 0 saturated heterocycles. The summed E-state index contributed by atoms with van der Waals surface area (Å²) in [4.78, 5) is 12.4. The van der Waals surface area contributed by atoms with Gasteiger partial charge in [-0.25, -0.2) is 13.2 Å². The van der Waals surface area contributed by atoms with E-state index in [0.29, 0.717) is 16.0 Å². The fourth-order valence-corrected chi connectivity index (χ4v) is 4.09. The van der Waals surface area contributed by atoms with Crippen molar-refractivity contribution in [2.24, 2.45) is 0 Å². The topological polar surface area (TPSA) is 78.9 Å². The molecule has 0 aliphatic rings. The van der Waals surface area contributed by atoms with Gasteiger partial charge in [0.2, 0.25) is 0 Å². The number of hydrogen-bond acceptors (Lipinski definition) is 6. The SMILES string of the molecule is COc1cc(C(=O)OCCCS(=O)(=O)c2ccccc2)cc(OC)c1Br. The smallest absolute Gasteiger partial charge is 0.338 e.